The number of carbonyl (C=O) groups excluding carboxylic acids is 3. The van der Waals surface area contributed by atoms with Crippen molar-refractivity contribution in [1.29, 1.82) is 0 Å². The second-order valence-corrected chi connectivity index (χ2v) is 3.92. The van der Waals surface area contributed by atoms with Crippen LogP contribution in [0.15, 0.2) is 0 Å². The van der Waals surface area contributed by atoms with Gasteiger partial charge in [0.1, 0.15) is 0 Å². The van der Waals surface area contributed by atoms with Gasteiger partial charge < -0.3 is 14.2 Å². The Balaban J connectivity index is 4.71. The van der Waals surface area contributed by atoms with E-state index in [9.17, 15) is 14.4 Å². The molecule has 0 radical (unpaired) electrons. The SMILES string of the molecule is CCOC(=O)[C@@H](Br)[C@H](OC(C)=O)C(=O)OCC. The largest absolute Gasteiger partial charge is 0.465 e. The highest BCUT2D eigenvalue weighted by atomic mass is 79.9. The molecule has 0 fully saturated rings. The Morgan fingerprint density at radius 3 is 1.94 bits per heavy atom. The monoisotopic (exact) mass is 310 g/mol. The van der Waals surface area contributed by atoms with Crippen LogP contribution >= 0.6 is 15.9 Å². The summed E-state index contributed by atoms with van der Waals surface area (Å²) in [5.74, 6) is -2.17. The van der Waals surface area contributed by atoms with Crippen LogP contribution in [0.2, 0.25) is 0 Å². The Labute approximate surface area is 108 Å². The van der Waals surface area contributed by atoms with Crippen molar-refractivity contribution in [3.63, 3.8) is 0 Å². The predicted octanol–water partition coefficient (Wildman–Crippen LogP) is 0.808. The number of hydrogen-bond donors (Lipinski definition) is 0. The van der Waals surface area contributed by atoms with Crippen LogP contribution < -0.4 is 0 Å². The zero-order valence-electron chi connectivity index (χ0n) is 9.90. The summed E-state index contributed by atoms with van der Waals surface area (Å²) in [4.78, 5) is 32.7. The van der Waals surface area contributed by atoms with Gasteiger partial charge in [0.15, 0.2) is 4.83 Å². The van der Waals surface area contributed by atoms with Crippen molar-refractivity contribution in [1.82, 2.24) is 0 Å². The normalized spacial score (nSPS) is 13.4. The molecule has 0 amide bonds. The van der Waals surface area contributed by atoms with E-state index in [0.29, 0.717) is 0 Å². The highest BCUT2D eigenvalue weighted by molar-refractivity contribution is 9.10. The molecule has 0 bridgehead atoms. The van der Waals surface area contributed by atoms with Crippen LogP contribution in [0, 0.1) is 0 Å². The number of rotatable bonds is 6. The van der Waals surface area contributed by atoms with E-state index in [-0.39, 0.29) is 13.2 Å². The third-order valence-electron chi connectivity index (χ3n) is 1.59. The third kappa shape index (κ3) is 5.67. The molecular weight excluding hydrogens is 296 g/mol. The molecule has 17 heavy (non-hydrogen) atoms. The minimum absolute atomic E-state index is 0.124. The number of ether oxygens (including phenoxy) is 3. The molecule has 0 rings (SSSR count). The molecule has 0 aromatic heterocycles. The van der Waals surface area contributed by atoms with Gasteiger partial charge in [-0.15, -0.1) is 0 Å². The fourth-order valence-electron chi connectivity index (χ4n) is 0.976. The van der Waals surface area contributed by atoms with E-state index in [2.05, 4.69) is 15.9 Å². The van der Waals surface area contributed by atoms with Crippen molar-refractivity contribution in [3.8, 4) is 0 Å². The Morgan fingerprint density at radius 2 is 1.53 bits per heavy atom. The van der Waals surface area contributed by atoms with Crippen LogP contribution in [-0.2, 0) is 28.6 Å². The lowest BCUT2D eigenvalue weighted by atomic mass is 10.2. The van der Waals surface area contributed by atoms with Crippen LogP contribution in [-0.4, -0.2) is 42.1 Å². The molecule has 0 aromatic carbocycles. The molecule has 7 heteroatoms. The number of halogens is 1. The molecule has 0 heterocycles. The van der Waals surface area contributed by atoms with Crippen LogP contribution in [0.5, 0.6) is 0 Å². The van der Waals surface area contributed by atoms with E-state index in [1.807, 2.05) is 0 Å². The first-order chi connectivity index (χ1) is 7.93. The molecule has 0 spiro atoms. The van der Waals surface area contributed by atoms with E-state index < -0.39 is 28.8 Å². The average Bonchev–Trinajstić information content (AvgIpc) is 2.25. The van der Waals surface area contributed by atoms with E-state index in [0.717, 1.165) is 6.92 Å². The fourth-order valence-corrected chi connectivity index (χ4v) is 1.43. The van der Waals surface area contributed by atoms with E-state index in [1.165, 1.54) is 0 Å². The molecule has 0 aliphatic rings. The predicted molar refractivity (Wildman–Crippen MR) is 61.5 cm³/mol. The van der Waals surface area contributed by atoms with Crippen LogP contribution in [0.3, 0.4) is 0 Å². The Bertz CT molecular complexity index is 291. The first-order valence-corrected chi connectivity index (χ1v) is 6.00. The second kappa shape index (κ2) is 8.05. The molecular formula is C10H15BrO6. The summed E-state index contributed by atoms with van der Waals surface area (Å²) in [6.07, 6.45) is -1.34. The van der Waals surface area contributed by atoms with Crippen molar-refractivity contribution in [2.24, 2.45) is 0 Å². The molecule has 0 N–H and O–H groups in total. The Morgan fingerprint density at radius 1 is 1.06 bits per heavy atom. The van der Waals surface area contributed by atoms with Gasteiger partial charge in [-0.2, -0.15) is 0 Å². The third-order valence-corrected chi connectivity index (χ3v) is 2.44. The summed E-state index contributed by atoms with van der Waals surface area (Å²) < 4.78 is 14.1. The van der Waals surface area contributed by atoms with E-state index in [1.54, 1.807) is 13.8 Å². The van der Waals surface area contributed by atoms with Gasteiger partial charge in [-0.3, -0.25) is 9.59 Å². The van der Waals surface area contributed by atoms with Gasteiger partial charge in [0.2, 0.25) is 6.10 Å². The van der Waals surface area contributed by atoms with Gasteiger partial charge in [0.25, 0.3) is 0 Å². The number of esters is 3. The highest BCUT2D eigenvalue weighted by Gasteiger charge is 2.36. The summed E-state index contributed by atoms with van der Waals surface area (Å²) in [7, 11) is 0. The first-order valence-electron chi connectivity index (χ1n) is 5.08. The quantitative estimate of drug-likeness (QED) is 0.410. The molecule has 0 aliphatic carbocycles. The van der Waals surface area contributed by atoms with Gasteiger partial charge in [0.05, 0.1) is 13.2 Å². The van der Waals surface area contributed by atoms with E-state index >= 15 is 0 Å². The summed E-state index contributed by atoms with van der Waals surface area (Å²) >= 11 is 2.96. The standard InChI is InChI=1S/C10H15BrO6/c1-4-15-9(13)7(11)8(17-6(3)12)10(14)16-5-2/h7-8H,4-5H2,1-3H3/t7-,8-/m0/s1. The van der Waals surface area contributed by atoms with Gasteiger partial charge in [-0.05, 0) is 13.8 Å². The van der Waals surface area contributed by atoms with Crippen molar-refractivity contribution < 1.29 is 28.6 Å². The lowest BCUT2D eigenvalue weighted by Gasteiger charge is -2.19. The molecule has 6 nitrogen and oxygen atoms in total. The smallest absolute Gasteiger partial charge is 0.349 e. The van der Waals surface area contributed by atoms with Gasteiger partial charge in [-0.25, -0.2) is 4.79 Å². The number of hydrogen-bond acceptors (Lipinski definition) is 6. The van der Waals surface area contributed by atoms with Crippen LogP contribution in [0.1, 0.15) is 20.8 Å². The van der Waals surface area contributed by atoms with Gasteiger partial charge in [0, 0.05) is 6.92 Å². The summed E-state index contributed by atoms with van der Waals surface area (Å²) in [6.45, 7) is 4.66. The maximum absolute atomic E-state index is 11.5. The Kier molecular flexibility index (Phi) is 7.53. The summed E-state index contributed by atoms with van der Waals surface area (Å²) in [5.41, 5.74) is 0. The summed E-state index contributed by atoms with van der Waals surface area (Å²) in [5, 5.41) is 0. The lowest BCUT2D eigenvalue weighted by molar-refractivity contribution is -0.169. The van der Waals surface area contributed by atoms with Gasteiger partial charge in [-0.1, -0.05) is 15.9 Å². The van der Waals surface area contributed by atoms with Crippen molar-refractivity contribution in [2.75, 3.05) is 13.2 Å². The van der Waals surface area contributed by atoms with Crippen LogP contribution in [0.4, 0.5) is 0 Å². The van der Waals surface area contributed by atoms with Crippen molar-refractivity contribution in [2.45, 2.75) is 31.7 Å². The lowest BCUT2D eigenvalue weighted by Crippen LogP contribution is -2.41. The second-order valence-electron chi connectivity index (χ2n) is 2.94. The highest BCUT2D eigenvalue weighted by Crippen LogP contribution is 2.14. The summed E-state index contributed by atoms with van der Waals surface area (Å²) in [6, 6.07) is 0. The number of carbonyl (C=O) groups is 3. The maximum Gasteiger partial charge on any atom is 0.349 e. The van der Waals surface area contributed by atoms with E-state index in [4.69, 9.17) is 14.2 Å². The molecule has 0 saturated carbocycles. The zero-order chi connectivity index (χ0) is 13.4. The molecule has 2 atom stereocenters. The topological polar surface area (TPSA) is 78.9 Å². The fraction of sp³-hybridized carbons (Fsp3) is 0.700. The Hall–Kier alpha value is -1.11. The molecule has 0 unspecified atom stereocenters. The zero-order valence-corrected chi connectivity index (χ0v) is 11.5. The molecule has 0 aromatic rings. The molecule has 0 aliphatic heterocycles. The molecule has 0 saturated heterocycles. The van der Waals surface area contributed by atoms with Crippen molar-refractivity contribution >= 4 is 33.8 Å². The molecule has 98 valence electrons. The van der Waals surface area contributed by atoms with Crippen molar-refractivity contribution in [3.05, 3.63) is 0 Å². The minimum Gasteiger partial charge on any atom is -0.465 e. The maximum atomic E-state index is 11.5. The first kappa shape index (κ1) is 15.9. The number of alkyl halides is 1. The van der Waals surface area contributed by atoms with Gasteiger partial charge >= 0.3 is 17.9 Å². The average molecular weight is 311 g/mol. The minimum atomic E-state index is -1.34. The van der Waals surface area contributed by atoms with Crippen LogP contribution in [0.25, 0.3) is 0 Å².